The molecule has 0 fully saturated rings. The molecule has 0 bridgehead atoms. The Morgan fingerprint density at radius 1 is 0.892 bits per heavy atom. The van der Waals surface area contributed by atoms with Crippen LogP contribution in [0.5, 0.6) is 0 Å². The lowest BCUT2D eigenvalue weighted by atomic mass is 10.0. The van der Waals surface area contributed by atoms with Crippen molar-refractivity contribution in [1.29, 1.82) is 0 Å². The van der Waals surface area contributed by atoms with E-state index in [0.717, 1.165) is 51.1 Å². The van der Waals surface area contributed by atoms with Crippen LogP contribution < -0.4 is 10.6 Å². The topological polar surface area (TPSA) is 54.8 Å². The van der Waals surface area contributed by atoms with Crippen LogP contribution in [-0.4, -0.2) is 14.8 Å². The lowest BCUT2D eigenvalue weighted by Gasteiger charge is -2.14. The zero-order valence-electron chi connectivity index (χ0n) is 20.1. The Morgan fingerprint density at radius 2 is 1.62 bits per heavy atom. The van der Waals surface area contributed by atoms with Gasteiger partial charge in [-0.25, -0.2) is 0 Å². The van der Waals surface area contributed by atoms with Gasteiger partial charge in [-0.2, -0.15) is 18.3 Å². The number of aromatic nitrogens is 3. The highest BCUT2D eigenvalue weighted by Gasteiger charge is 2.30. The van der Waals surface area contributed by atoms with Crippen molar-refractivity contribution in [3.05, 3.63) is 120 Å². The van der Waals surface area contributed by atoms with Crippen molar-refractivity contribution in [1.82, 2.24) is 14.8 Å². The predicted octanol–water partition coefficient (Wildman–Crippen LogP) is 7.47. The van der Waals surface area contributed by atoms with E-state index < -0.39 is 11.7 Å². The third-order valence-corrected chi connectivity index (χ3v) is 5.99. The van der Waals surface area contributed by atoms with Crippen molar-refractivity contribution in [3.8, 4) is 11.1 Å². The minimum atomic E-state index is -4.41. The van der Waals surface area contributed by atoms with E-state index in [-0.39, 0.29) is 0 Å². The number of pyridine rings is 1. The summed E-state index contributed by atoms with van der Waals surface area (Å²) in [5.74, 6) is 0.355. The van der Waals surface area contributed by atoms with Gasteiger partial charge in [0.25, 0.3) is 0 Å². The largest absolute Gasteiger partial charge is 0.416 e. The second-order valence-electron chi connectivity index (χ2n) is 8.69. The lowest BCUT2D eigenvalue weighted by molar-refractivity contribution is -0.137. The lowest BCUT2D eigenvalue weighted by Crippen LogP contribution is -2.10. The number of nitrogens with zero attached hydrogens (tertiary/aromatic N) is 3. The van der Waals surface area contributed by atoms with Crippen molar-refractivity contribution < 1.29 is 13.2 Å². The summed E-state index contributed by atoms with van der Waals surface area (Å²) in [6, 6.07) is 22.8. The van der Waals surface area contributed by atoms with Crippen LogP contribution >= 0.6 is 0 Å². The highest BCUT2D eigenvalue weighted by Crippen LogP contribution is 2.32. The molecule has 0 aliphatic heterocycles. The fourth-order valence-electron chi connectivity index (χ4n) is 4.29. The first kappa shape index (κ1) is 24.1. The smallest absolute Gasteiger partial charge is 0.342 e. The molecule has 2 N–H and O–H groups in total. The van der Waals surface area contributed by atoms with Gasteiger partial charge in [-0.15, -0.1) is 0 Å². The SMILES string of the molecule is C=C(Nc1ccc(-c2cncc3c2c(C)nn3Cc2ccccc2)cc1)Nc1cccc(C(F)(F)F)c1. The van der Waals surface area contributed by atoms with Crippen LogP contribution in [0.25, 0.3) is 22.0 Å². The van der Waals surface area contributed by atoms with Gasteiger partial charge < -0.3 is 10.6 Å². The molecule has 0 amide bonds. The summed E-state index contributed by atoms with van der Waals surface area (Å²) < 4.78 is 40.9. The summed E-state index contributed by atoms with van der Waals surface area (Å²) in [6.45, 7) is 6.53. The summed E-state index contributed by atoms with van der Waals surface area (Å²) in [5, 5.41) is 11.8. The fraction of sp³-hybridized carbons (Fsp3) is 0.103. The molecule has 0 atom stereocenters. The molecule has 2 heterocycles. The molecule has 186 valence electrons. The number of anilines is 2. The first-order valence-electron chi connectivity index (χ1n) is 11.6. The maximum atomic E-state index is 13.0. The molecule has 8 heteroatoms. The molecule has 37 heavy (non-hydrogen) atoms. The van der Waals surface area contributed by atoms with Gasteiger partial charge in [-0.3, -0.25) is 9.67 Å². The molecule has 5 aromatic rings. The van der Waals surface area contributed by atoms with Crippen molar-refractivity contribution in [3.63, 3.8) is 0 Å². The number of benzene rings is 3. The molecular weight excluding hydrogens is 475 g/mol. The Bertz CT molecular complexity index is 1550. The van der Waals surface area contributed by atoms with Crippen molar-refractivity contribution in [2.75, 3.05) is 10.6 Å². The van der Waals surface area contributed by atoms with Gasteiger partial charge in [0.2, 0.25) is 0 Å². The van der Waals surface area contributed by atoms with E-state index >= 15 is 0 Å². The van der Waals surface area contributed by atoms with E-state index in [0.29, 0.717) is 18.1 Å². The normalized spacial score (nSPS) is 11.5. The van der Waals surface area contributed by atoms with Gasteiger partial charge >= 0.3 is 6.18 Å². The molecule has 0 radical (unpaired) electrons. The number of rotatable bonds is 7. The van der Waals surface area contributed by atoms with Crippen LogP contribution in [-0.2, 0) is 12.7 Å². The Morgan fingerprint density at radius 3 is 2.35 bits per heavy atom. The van der Waals surface area contributed by atoms with Gasteiger partial charge in [0.05, 0.1) is 29.5 Å². The Labute approximate surface area is 212 Å². The number of halogens is 3. The van der Waals surface area contributed by atoms with E-state index in [1.165, 1.54) is 6.07 Å². The first-order chi connectivity index (χ1) is 17.8. The maximum Gasteiger partial charge on any atom is 0.416 e. The summed E-state index contributed by atoms with van der Waals surface area (Å²) in [4.78, 5) is 4.47. The molecule has 5 nitrogen and oxygen atoms in total. The highest BCUT2D eigenvalue weighted by molar-refractivity contribution is 5.96. The van der Waals surface area contributed by atoms with E-state index in [1.807, 2.05) is 66.5 Å². The van der Waals surface area contributed by atoms with Crippen LogP contribution in [0.1, 0.15) is 16.8 Å². The fourth-order valence-corrected chi connectivity index (χ4v) is 4.29. The Kier molecular flexibility index (Phi) is 6.40. The van der Waals surface area contributed by atoms with Gasteiger partial charge in [0, 0.05) is 28.5 Å². The molecule has 0 saturated heterocycles. The number of hydrogen-bond donors (Lipinski definition) is 2. The van der Waals surface area contributed by atoms with E-state index in [4.69, 9.17) is 5.10 Å². The molecule has 5 rings (SSSR count). The number of aryl methyl sites for hydroxylation is 1. The van der Waals surface area contributed by atoms with E-state index in [1.54, 1.807) is 6.07 Å². The van der Waals surface area contributed by atoms with Crippen LogP contribution in [0.4, 0.5) is 24.5 Å². The average molecular weight is 500 g/mol. The molecule has 2 aromatic heterocycles. The van der Waals surface area contributed by atoms with Crippen molar-refractivity contribution in [2.24, 2.45) is 0 Å². The first-order valence-corrected chi connectivity index (χ1v) is 11.6. The second-order valence-corrected chi connectivity index (χ2v) is 8.69. The van der Waals surface area contributed by atoms with Crippen LogP contribution in [0.3, 0.4) is 0 Å². The average Bonchev–Trinajstić information content (AvgIpc) is 3.20. The quantitative estimate of drug-likeness (QED) is 0.244. The highest BCUT2D eigenvalue weighted by atomic mass is 19.4. The third kappa shape index (κ3) is 5.33. The van der Waals surface area contributed by atoms with Crippen LogP contribution in [0.2, 0.25) is 0 Å². The Balaban J connectivity index is 1.34. The monoisotopic (exact) mass is 499 g/mol. The van der Waals surface area contributed by atoms with Gasteiger partial charge in [-0.05, 0) is 48.4 Å². The van der Waals surface area contributed by atoms with Crippen molar-refractivity contribution >= 4 is 22.3 Å². The zero-order valence-corrected chi connectivity index (χ0v) is 20.1. The predicted molar refractivity (Wildman–Crippen MR) is 141 cm³/mol. The number of nitrogens with one attached hydrogen (secondary N) is 2. The van der Waals surface area contributed by atoms with E-state index in [9.17, 15) is 13.2 Å². The number of alkyl halides is 3. The Hall–Kier alpha value is -4.59. The molecule has 3 aromatic carbocycles. The summed E-state index contributed by atoms with van der Waals surface area (Å²) in [6.07, 6.45) is -0.738. The summed E-state index contributed by atoms with van der Waals surface area (Å²) >= 11 is 0. The summed E-state index contributed by atoms with van der Waals surface area (Å²) in [7, 11) is 0. The molecule has 0 saturated carbocycles. The second kappa shape index (κ2) is 9.81. The minimum Gasteiger partial charge on any atom is -0.342 e. The zero-order chi connectivity index (χ0) is 26.0. The maximum absolute atomic E-state index is 13.0. The molecule has 0 aliphatic carbocycles. The van der Waals surface area contributed by atoms with Gasteiger partial charge in [0.1, 0.15) is 5.82 Å². The minimum absolute atomic E-state index is 0.296. The standard InChI is InChI=1S/C29H24F3N5/c1-19-28-26(16-33-17-27(28)37(36-19)18-21-7-4-3-5-8-21)22-11-13-24(14-12-22)34-20(2)35-25-10-6-9-23(15-25)29(30,31)32/h3-17,34-35H,2,18H2,1H3. The van der Waals surface area contributed by atoms with Crippen LogP contribution in [0, 0.1) is 6.92 Å². The molecular formula is C29H24F3N5. The molecule has 0 aliphatic rings. The van der Waals surface area contributed by atoms with Gasteiger partial charge in [-0.1, -0.05) is 55.1 Å². The number of fused-ring (bicyclic) bond motifs is 1. The van der Waals surface area contributed by atoms with E-state index in [2.05, 4.69) is 34.3 Å². The molecule has 0 unspecified atom stereocenters. The summed E-state index contributed by atoms with van der Waals surface area (Å²) in [5.41, 5.74) is 5.30. The van der Waals surface area contributed by atoms with Crippen molar-refractivity contribution in [2.45, 2.75) is 19.6 Å². The molecule has 0 spiro atoms. The van der Waals surface area contributed by atoms with Gasteiger partial charge in [0.15, 0.2) is 0 Å². The number of hydrogen-bond acceptors (Lipinski definition) is 4. The van der Waals surface area contributed by atoms with Crippen LogP contribution in [0.15, 0.2) is 104 Å². The third-order valence-electron chi connectivity index (χ3n) is 5.99.